The molecule has 0 amide bonds. The van der Waals surface area contributed by atoms with Crippen molar-refractivity contribution >= 4 is 12.4 Å². The molecule has 1 N–H and O–H groups in total. The summed E-state index contributed by atoms with van der Waals surface area (Å²) < 4.78 is 11.0. The molecule has 0 bridgehead atoms. The number of benzene rings is 1. The van der Waals surface area contributed by atoms with Crippen LogP contribution in [0.15, 0.2) is 28.8 Å². The van der Waals surface area contributed by atoms with Crippen LogP contribution in [0.4, 0.5) is 0 Å². The summed E-state index contributed by atoms with van der Waals surface area (Å²) in [4.78, 5) is 4.52. The second-order valence-corrected chi connectivity index (χ2v) is 5.40. The molecule has 2 atom stereocenters. The van der Waals surface area contributed by atoms with Crippen LogP contribution in [0.25, 0.3) is 0 Å². The van der Waals surface area contributed by atoms with E-state index in [9.17, 15) is 0 Å². The van der Waals surface area contributed by atoms with Gasteiger partial charge >= 0.3 is 0 Å². The first-order chi connectivity index (χ1) is 9.90. The van der Waals surface area contributed by atoms with Gasteiger partial charge in [-0.15, -0.1) is 12.4 Å². The van der Waals surface area contributed by atoms with Crippen LogP contribution in [0.1, 0.15) is 47.8 Å². The van der Waals surface area contributed by atoms with Crippen molar-refractivity contribution in [2.24, 2.45) is 0 Å². The fraction of sp³-hybridized carbons (Fsp3) is 0.467. The molecule has 2 aromatic rings. The van der Waals surface area contributed by atoms with Crippen LogP contribution < -0.4 is 5.32 Å². The highest BCUT2D eigenvalue weighted by atomic mass is 35.5. The molecule has 2 aliphatic heterocycles. The molecule has 6 heteroatoms. The monoisotopic (exact) mass is 307 g/mol. The van der Waals surface area contributed by atoms with Gasteiger partial charge in [0.15, 0.2) is 0 Å². The van der Waals surface area contributed by atoms with Crippen molar-refractivity contribution in [1.29, 1.82) is 0 Å². The predicted octanol–water partition coefficient (Wildman–Crippen LogP) is 2.73. The number of rotatable bonds is 2. The summed E-state index contributed by atoms with van der Waals surface area (Å²) in [6, 6.07) is 8.58. The Balaban J connectivity index is 0.00000132. The van der Waals surface area contributed by atoms with Gasteiger partial charge in [0, 0.05) is 13.2 Å². The van der Waals surface area contributed by atoms with E-state index in [1.807, 2.05) is 0 Å². The molecule has 0 radical (unpaired) electrons. The smallest absolute Gasteiger partial charge is 0.244 e. The number of aromatic nitrogens is 2. The van der Waals surface area contributed by atoms with Gasteiger partial charge in [-0.05, 0) is 30.4 Å². The third-order valence-electron chi connectivity index (χ3n) is 4.05. The molecular formula is C15H18ClN3O2. The van der Waals surface area contributed by atoms with E-state index in [0.717, 1.165) is 32.4 Å². The molecule has 112 valence electrons. The highest BCUT2D eigenvalue weighted by Crippen LogP contribution is 2.29. The van der Waals surface area contributed by atoms with Crippen LogP contribution in [0.2, 0.25) is 0 Å². The highest BCUT2D eigenvalue weighted by Gasteiger charge is 2.27. The average molecular weight is 308 g/mol. The number of nitrogens with one attached hydrogen (secondary N) is 1. The zero-order chi connectivity index (χ0) is 13.4. The molecule has 5 nitrogen and oxygen atoms in total. The van der Waals surface area contributed by atoms with Gasteiger partial charge in [-0.2, -0.15) is 4.98 Å². The lowest BCUT2D eigenvalue weighted by Gasteiger charge is -2.23. The summed E-state index contributed by atoms with van der Waals surface area (Å²) in [6.45, 7) is 1.64. The molecule has 1 aromatic carbocycles. The van der Waals surface area contributed by atoms with E-state index in [2.05, 4.69) is 39.7 Å². The Bertz CT molecular complexity index is 610. The molecule has 4 rings (SSSR count). The first-order valence-electron chi connectivity index (χ1n) is 7.15. The van der Waals surface area contributed by atoms with Crippen molar-refractivity contribution < 1.29 is 9.26 Å². The normalized spacial score (nSPS) is 24.4. The lowest BCUT2D eigenvalue weighted by atomic mass is 9.96. The van der Waals surface area contributed by atoms with E-state index >= 15 is 0 Å². The van der Waals surface area contributed by atoms with Crippen molar-refractivity contribution in [2.45, 2.75) is 38.0 Å². The summed E-state index contributed by atoms with van der Waals surface area (Å²) in [5.41, 5.74) is 2.70. The van der Waals surface area contributed by atoms with Gasteiger partial charge in [0.25, 0.3) is 0 Å². The van der Waals surface area contributed by atoms with E-state index in [4.69, 9.17) is 9.26 Å². The summed E-state index contributed by atoms with van der Waals surface area (Å²) >= 11 is 0. The predicted molar refractivity (Wildman–Crippen MR) is 79.2 cm³/mol. The van der Waals surface area contributed by atoms with E-state index in [1.54, 1.807) is 0 Å². The largest absolute Gasteiger partial charge is 0.370 e. The standard InChI is InChI=1S/C15H17N3O2.ClH/c1-2-5-11-9-16-12(8-10(11)4-1)15-17-14(18-20-15)13-6-3-7-19-13;/h1-2,4-5,12-13,16H,3,6-9H2;1H/t12-,13?;/m1./s1. The second kappa shape index (κ2) is 6.13. The molecular weight excluding hydrogens is 290 g/mol. The Morgan fingerprint density at radius 1 is 1.19 bits per heavy atom. The van der Waals surface area contributed by atoms with Crippen LogP contribution in [0.5, 0.6) is 0 Å². The Morgan fingerprint density at radius 3 is 2.86 bits per heavy atom. The fourth-order valence-electron chi connectivity index (χ4n) is 2.93. The van der Waals surface area contributed by atoms with Gasteiger partial charge in [0.2, 0.25) is 11.7 Å². The lowest BCUT2D eigenvalue weighted by Crippen LogP contribution is -2.28. The minimum absolute atomic E-state index is 0. The molecule has 3 heterocycles. The van der Waals surface area contributed by atoms with Crippen molar-refractivity contribution in [3.8, 4) is 0 Å². The van der Waals surface area contributed by atoms with Crippen molar-refractivity contribution in [1.82, 2.24) is 15.5 Å². The van der Waals surface area contributed by atoms with Crippen molar-refractivity contribution in [3.05, 3.63) is 47.1 Å². The molecule has 1 aromatic heterocycles. The second-order valence-electron chi connectivity index (χ2n) is 5.40. The van der Waals surface area contributed by atoms with Gasteiger partial charge < -0.3 is 14.6 Å². The molecule has 21 heavy (non-hydrogen) atoms. The fourth-order valence-corrected chi connectivity index (χ4v) is 2.93. The van der Waals surface area contributed by atoms with Gasteiger partial charge in [0.05, 0.1) is 6.04 Å². The molecule has 0 saturated carbocycles. The minimum atomic E-state index is 0. The van der Waals surface area contributed by atoms with E-state index in [1.165, 1.54) is 11.1 Å². The molecule has 1 unspecified atom stereocenters. The minimum Gasteiger partial charge on any atom is -0.370 e. The summed E-state index contributed by atoms with van der Waals surface area (Å²) in [5.74, 6) is 1.36. The highest BCUT2D eigenvalue weighted by molar-refractivity contribution is 5.85. The van der Waals surface area contributed by atoms with Gasteiger partial charge in [-0.3, -0.25) is 0 Å². The van der Waals surface area contributed by atoms with Crippen molar-refractivity contribution in [3.63, 3.8) is 0 Å². The first kappa shape index (κ1) is 14.5. The Labute approximate surface area is 129 Å². The van der Waals surface area contributed by atoms with E-state index < -0.39 is 0 Å². The lowest BCUT2D eigenvalue weighted by molar-refractivity contribution is 0.103. The SMILES string of the molecule is Cl.c1ccc2c(c1)CN[C@@H](c1nc(C3CCCO3)no1)C2. The maximum absolute atomic E-state index is 5.59. The zero-order valence-electron chi connectivity index (χ0n) is 11.6. The zero-order valence-corrected chi connectivity index (χ0v) is 12.4. The topological polar surface area (TPSA) is 60.2 Å². The number of halogens is 1. The van der Waals surface area contributed by atoms with Gasteiger partial charge in [-0.25, -0.2) is 0 Å². The molecule has 1 fully saturated rings. The number of fused-ring (bicyclic) bond motifs is 1. The van der Waals surface area contributed by atoms with Crippen molar-refractivity contribution in [2.75, 3.05) is 6.61 Å². The molecule has 0 aliphatic carbocycles. The molecule has 2 aliphatic rings. The third kappa shape index (κ3) is 2.81. The van der Waals surface area contributed by atoms with Crippen LogP contribution in [-0.4, -0.2) is 16.7 Å². The Kier molecular flexibility index (Phi) is 4.24. The number of nitrogens with zero attached hydrogens (tertiary/aromatic N) is 2. The average Bonchev–Trinajstić information content (AvgIpc) is 3.17. The quantitative estimate of drug-likeness (QED) is 0.924. The maximum Gasteiger partial charge on any atom is 0.244 e. The van der Waals surface area contributed by atoms with E-state index in [-0.39, 0.29) is 24.6 Å². The summed E-state index contributed by atoms with van der Waals surface area (Å²) in [5, 5.41) is 7.54. The summed E-state index contributed by atoms with van der Waals surface area (Å²) in [7, 11) is 0. The van der Waals surface area contributed by atoms with Crippen LogP contribution in [-0.2, 0) is 17.7 Å². The molecule has 1 saturated heterocycles. The third-order valence-corrected chi connectivity index (χ3v) is 4.05. The number of ether oxygens (including phenoxy) is 1. The van der Waals surface area contributed by atoms with Gasteiger partial charge in [0.1, 0.15) is 6.10 Å². The first-order valence-corrected chi connectivity index (χ1v) is 7.15. The Hall–Kier alpha value is -1.43. The summed E-state index contributed by atoms with van der Waals surface area (Å²) in [6.07, 6.45) is 2.97. The van der Waals surface area contributed by atoms with Crippen LogP contribution >= 0.6 is 12.4 Å². The van der Waals surface area contributed by atoms with E-state index in [0.29, 0.717) is 11.7 Å². The van der Waals surface area contributed by atoms with Crippen LogP contribution in [0, 0.1) is 0 Å². The molecule has 0 spiro atoms. The van der Waals surface area contributed by atoms with Gasteiger partial charge in [-0.1, -0.05) is 29.4 Å². The maximum atomic E-state index is 5.59. The number of hydrogen-bond acceptors (Lipinski definition) is 5. The Morgan fingerprint density at radius 2 is 2.05 bits per heavy atom. The number of hydrogen-bond donors (Lipinski definition) is 1. The van der Waals surface area contributed by atoms with Crippen LogP contribution in [0.3, 0.4) is 0 Å².